The highest BCUT2D eigenvalue weighted by atomic mass is 35.5. The van der Waals surface area contributed by atoms with Crippen LogP contribution in [0.15, 0.2) is 24.3 Å². The quantitative estimate of drug-likeness (QED) is 0.854. The van der Waals surface area contributed by atoms with Crippen LogP contribution in [0.2, 0.25) is 0 Å². The van der Waals surface area contributed by atoms with Gasteiger partial charge in [0.05, 0.1) is 0 Å². The van der Waals surface area contributed by atoms with E-state index in [1.165, 1.54) is 0 Å². The number of ether oxygens (including phenoxy) is 1. The largest absolute Gasteiger partial charge is 0.368 e. The van der Waals surface area contributed by atoms with Gasteiger partial charge in [0.1, 0.15) is 5.60 Å². The number of halogens is 1. The third-order valence-corrected chi connectivity index (χ3v) is 5.00. The third-order valence-electron chi connectivity index (χ3n) is 5.00. The molecule has 2 saturated heterocycles. The molecule has 0 saturated carbocycles. The van der Waals surface area contributed by atoms with Crippen LogP contribution in [0.25, 0.3) is 0 Å². The summed E-state index contributed by atoms with van der Waals surface area (Å²) in [6.45, 7) is 3.21. The molecule has 7 heteroatoms. The van der Waals surface area contributed by atoms with Gasteiger partial charge < -0.3 is 20.3 Å². The summed E-state index contributed by atoms with van der Waals surface area (Å²) >= 11 is 0. The number of carbonyl (C=O) groups excluding carboxylic acids is 2. The minimum absolute atomic E-state index is 0. The maximum absolute atomic E-state index is 12.6. The molecule has 0 unspecified atom stereocenters. The lowest BCUT2D eigenvalue weighted by Gasteiger charge is -2.34. The lowest BCUT2D eigenvalue weighted by atomic mass is 9.91. The molecular weight excluding hydrogens is 342 g/mol. The number of hydrogen-bond donors (Lipinski definition) is 2. The van der Waals surface area contributed by atoms with Crippen molar-refractivity contribution in [1.82, 2.24) is 10.2 Å². The van der Waals surface area contributed by atoms with Crippen molar-refractivity contribution in [3.63, 3.8) is 0 Å². The van der Waals surface area contributed by atoms with Crippen molar-refractivity contribution in [2.24, 2.45) is 0 Å². The van der Waals surface area contributed by atoms with Crippen molar-refractivity contribution in [3.8, 4) is 0 Å². The molecule has 2 aliphatic rings. The molecular formula is C18H26ClN3O3. The molecule has 0 bridgehead atoms. The van der Waals surface area contributed by atoms with Crippen molar-refractivity contribution in [2.75, 3.05) is 38.6 Å². The van der Waals surface area contributed by atoms with Crippen LogP contribution in [0.4, 0.5) is 5.69 Å². The first-order chi connectivity index (χ1) is 11.6. The van der Waals surface area contributed by atoms with Crippen LogP contribution in [-0.2, 0) is 9.53 Å². The zero-order chi connectivity index (χ0) is 17.0. The second-order valence-corrected chi connectivity index (χ2v) is 6.48. The van der Waals surface area contributed by atoms with Crippen LogP contribution in [0, 0.1) is 0 Å². The van der Waals surface area contributed by atoms with E-state index in [1.807, 2.05) is 4.90 Å². The Bertz CT molecular complexity index is 594. The van der Waals surface area contributed by atoms with E-state index < -0.39 is 5.60 Å². The molecule has 0 aliphatic carbocycles. The zero-order valence-corrected chi connectivity index (χ0v) is 15.4. The first-order valence-corrected chi connectivity index (χ1v) is 8.61. The van der Waals surface area contributed by atoms with Crippen LogP contribution >= 0.6 is 12.4 Å². The summed E-state index contributed by atoms with van der Waals surface area (Å²) in [4.78, 5) is 26.8. The Balaban J connectivity index is 0.00000225. The molecule has 0 spiro atoms. The molecule has 0 atom stereocenters. The molecule has 2 fully saturated rings. The van der Waals surface area contributed by atoms with Gasteiger partial charge >= 0.3 is 0 Å². The lowest BCUT2D eigenvalue weighted by molar-refractivity contribution is -0.140. The second-order valence-electron chi connectivity index (χ2n) is 6.48. The SMILES string of the molecule is COC1(C(=O)Nc2ccc(C(=O)N3CCCC3)cc2)CCNCC1.Cl. The summed E-state index contributed by atoms with van der Waals surface area (Å²) in [5.74, 6) is -0.0535. The summed E-state index contributed by atoms with van der Waals surface area (Å²) in [5.41, 5.74) is 0.584. The minimum Gasteiger partial charge on any atom is -0.368 e. The predicted molar refractivity (Wildman–Crippen MR) is 99.3 cm³/mol. The molecule has 138 valence electrons. The Morgan fingerprint density at radius 1 is 1.12 bits per heavy atom. The van der Waals surface area contributed by atoms with Gasteiger partial charge in [-0.1, -0.05) is 0 Å². The number of carbonyl (C=O) groups is 2. The fraction of sp³-hybridized carbons (Fsp3) is 0.556. The minimum atomic E-state index is -0.769. The summed E-state index contributed by atoms with van der Waals surface area (Å²) in [6.07, 6.45) is 3.46. The van der Waals surface area contributed by atoms with Gasteiger partial charge in [-0.05, 0) is 63.0 Å². The van der Waals surface area contributed by atoms with E-state index in [9.17, 15) is 9.59 Å². The molecule has 2 N–H and O–H groups in total. The van der Waals surface area contributed by atoms with Crippen molar-refractivity contribution in [2.45, 2.75) is 31.3 Å². The van der Waals surface area contributed by atoms with Crippen molar-refractivity contribution in [3.05, 3.63) is 29.8 Å². The average molecular weight is 368 g/mol. The Hall–Kier alpha value is -1.63. The summed E-state index contributed by atoms with van der Waals surface area (Å²) in [7, 11) is 1.59. The van der Waals surface area contributed by atoms with Crippen molar-refractivity contribution >= 4 is 29.9 Å². The van der Waals surface area contributed by atoms with E-state index in [4.69, 9.17) is 4.74 Å². The molecule has 2 amide bonds. The monoisotopic (exact) mass is 367 g/mol. The maximum Gasteiger partial charge on any atom is 0.256 e. The van der Waals surface area contributed by atoms with Gasteiger partial charge in [0.15, 0.2) is 0 Å². The molecule has 6 nitrogen and oxygen atoms in total. The number of methoxy groups -OCH3 is 1. The van der Waals surface area contributed by atoms with E-state index in [0.717, 1.165) is 39.0 Å². The number of piperidine rings is 1. The highest BCUT2D eigenvalue weighted by molar-refractivity contribution is 5.98. The number of nitrogens with zero attached hydrogens (tertiary/aromatic N) is 1. The van der Waals surface area contributed by atoms with E-state index in [2.05, 4.69) is 10.6 Å². The van der Waals surface area contributed by atoms with Gasteiger partial charge in [-0.25, -0.2) is 0 Å². The van der Waals surface area contributed by atoms with Crippen LogP contribution < -0.4 is 10.6 Å². The smallest absolute Gasteiger partial charge is 0.256 e. The molecule has 1 aromatic rings. The van der Waals surface area contributed by atoms with Gasteiger partial charge in [0.25, 0.3) is 11.8 Å². The number of amides is 2. The number of likely N-dealkylation sites (tertiary alicyclic amines) is 1. The standard InChI is InChI=1S/C18H25N3O3.ClH/c1-24-18(8-10-19-11-9-18)17(23)20-15-6-4-14(5-7-15)16(22)21-12-2-3-13-21;/h4-7,19H,2-3,8-13H2,1H3,(H,20,23);1H. The first-order valence-electron chi connectivity index (χ1n) is 8.61. The summed E-state index contributed by atoms with van der Waals surface area (Å²) in [5, 5.41) is 6.16. The molecule has 3 rings (SSSR count). The maximum atomic E-state index is 12.6. The Labute approximate surface area is 154 Å². The van der Waals surface area contributed by atoms with Crippen LogP contribution in [0.3, 0.4) is 0 Å². The fourth-order valence-corrected chi connectivity index (χ4v) is 3.40. The highest BCUT2D eigenvalue weighted by Gasteiger charge is 2.39. The van der Waals surface area contributed by atoms with E-state index in [1.54, 1.807) is 31.4 Å². The summed E-state index contributed by atoms with van der Waals surface area (Å²) in [6, 6.07) is 7.12. The van der Waals surface area contributed by atoms with Gasteiger partial charge in [0.2, 0.25) is 0 Å². The predicted octanol–water partition coefficient (Wildman–Crippen LogP) is 2.05. The van der Waals surface area contributed by atoms with Gasteiger partial charge in [-0.2, -0.15) is 0 Å². The van der Waals surface area contributed by atoms with E-state index in [0.29, 0.717) is 24.1 Å². The topological polar surface area (TPSA) is 70.7 Å². The van der Waals surface area contributed by atoms with Crippen LogP contribution in [0.5, 0.6) is 0 Å². The van der Waals surface area contributed by atoms with E-state index in [-0.39, 0.29) is 24.2 Å². The van der Waals surface area contributed by atoms with Gasteiger partial charge in [-0.3, -0.25) is 9.59 Å². The number of benzene rings is 1. The first kappa shape index (κ1) is 19.7. The molecule has 2 aliphatic heterocycles. The number of nitrogens with one attached hydrogen (secondary N) is 2. The fourth-order valence-electron chi connectivity index (χ4n) is 3.40. The average Bonchev–Trinajstić information content (AvgIpc) is 3.17. The zero-order valence-electron chi connectivity index (χ0n) is 14.5. The second kappa shape index (κ2) is 8.65. The highest BCUT2D eigenvalue weighted by Crippen LogP contribution is 2.25. The normalized spacial score (nSPS) is 19.2. The molecule has 2 heterocycles. The number of hydrogen-bond acceptors (Lipinski definition) is 4. The lowest BCUT2D eigenvalue weighted by Crippen LogP contribution is -2.51. The number of anilines is 1. The number of rotatable bonds is 4. The van der Waals surface area contributed by atoms with E-state index >= 15 is 0 Å². The molecule has 1 aromatic carbocycles. The summed E-state index contributed by atoms with van der Waals surface area (Å²) < 4.78 is 5.53. The molecule has 0 radical (unpaired) electrons. The van der Waals surface area contributed by atoms with Gasteiger partial charge in [-0.15, -0.1) is 12.4 Å². The third kappa shape index (κ3) is 4.32. The van der Waals surface area contributed by atoms with Crippen LogP contribution in [-0.4, -0.2) is 55.6 Å². The Morgan fingerprint density at radius 3 is 2.28 bits per heavy atom. The molecule has 25 heavy (non-hydrogen) atoms. The Kier molecular flexibility index (Phi) is 6.81. The van der Waals surface area contributed by atoms with Crippen molar-refractivity contribution in [1.29, 1.82) is 0 Å². The molecule has 0 aromatic heterocycles. The van der Waals surface area contributed by atoms with Crippen LogP contribution in [0.1, 0.15) is 36.0 Å². The van der Waals surface area contributed by atoms with Gasteiger partial charge in [0, 0.05) is 31.5 Å². The Morgan fingerprint density at radius 2 is 1.72 bits per heavy atom. The van der Waals surface area contributed by atoms with Crippen molar-refractivity contribution < 1.29 is 14.3 Å².